The van der Waals surface area contributed by atoms with Crippen molar-refractivity contribution in [1.29, 1.82) is 0 Å². The predicted molar refractivity (Wildman–Crippen MR) is 87.3 cm³/mol. The van der Waals surface area contributed by atoms with Gasteiger partial charge in [-0.05, 0) is 25.1 Å². The van der Waals surface area contributed by atoms with Crippen LogP contribution >= 0.6 is 11.3 Å². The molecule has 1 unspecified atom stereocenters. The van der Waals surface area contributed by atoms with Gasteiger partial charge in [-0.2, -0.15) is 0 Å². The molecule has 0 aliphatic heterocycles. The lowest BCUT2D eigenvalue weighted by atomic mass is 10.0. The van der Waals surface area contributed by atoms with E-state index in [-0.39, 0.29) is 6.04 Å². The molecule has 0 aliphatic carbocycles. The maximum Gasteiger partial charge on any atom is 0.0897 e. The number of hydrogen-bond donors (Lipinski definition) is 1. The summed E-state index contributed by atoms with van der Waals surface area (Å²) < 4.78 is 5.14. The van der Waals surface area contributed by atoms with E-state index in [4.69, 9.17) is 10.5 Å². The minimum Gasteiger partial charge on any atom is -0.380 e. The number of thiazole rings is 1. The average molecular weight is 305 g/mol. The molecule has 0 saturated heterocycles. The van der Waals surface area contributed by atoms with E-state index in [0.29, 0.717) is 13.2 Å². The molecular formula is C16H23N3OS. The number of hydrogen-bond acceptors (Lipinski definition) is 5. The highest BCUT2D eigenvalue weighted by Crippen LogP contribution is 2.21. The zero-order valence-corrected chi connectivity index (χ0v) is 13.7. The van der Waals surface area contributed by atoms with Gasteiger partial charge < -0.3 is 10.5 Å². The fourth-order valence-corrected chi connectivity index (χ4v) is 3.02. The topological polar surface area (TPSA) is 51.4 Å². The lowest BCUT2D eigenvalue weighted by Crippen LogP contribution is -2.30. The summed E-state index contributed by atoms with van der Waals surface area (Å²) in [6, 6.07) is 8.66. The van der Waals surface area contributed by atoms with Crippen molar-refractivity contribution in [3.05, 3.63) is 51.5 Å². The second-order valence-corrected chi connectivity index (χ2v) is 6.26. The van der Waals surface area contributed by atoms with Crippen molar-refractivity contribution >= 4 is 11.3 Å². The van der Waals surface area contributed by atoms with E-state index in [2.05, 4.69) is 46.6 Å². The van der Waals surface area contributed by atoms with Gasteiger partial charge in [0.05, 0.1) is 17.3 Å². The third-order valence-electron chi connectivity index (χ3n) is 3.51. The Morgan fingerprint density at radius 3 is 2.57 bits per heavy atom. The molecule has 1 aromatic heterocycles. The van der Waals surface area contributed by atoms with Crippen LogP contribution in [-0.4, -0.2) is 30.6 Å². The first-order valence-electron chi connectivity index (χ1n) is 7.03. The Balaban J connectivity index is 2.07. The third kappa shape index (κ3) is 4.35. The lowest BCUT2D eigenvalue weighted by Gasteiger charge is -2.26. The molecule has 0 amide bonds. The van der Waals surface area contributed by atoms with E-state index < -0.39 is 0 Å². The number of likely N-dealkylation sites (N-methyl/N-ethyl adjacent to an activating group) is 1. The van der Waals surface area contributed by atoms with Crippen molar-refractivity contribution in [2.75, 3.05) is 20.7 Å². The molecule has 2 rings (SSSR count). The monoisotopic (exact) mass is 305 g/mol. The number of methoxy groups -OCH3 is 1. The predicted octanol–water partition coefficient (Wildman–Crippen LogP) is 2.73. The maximum absolute atomic E-state index is 5.98. The number of nitrogens with two attached hydrogens (primary N) is 1. The SMILES string of the molecule is COCc1ccc(C(CN)N(C)Cc2csc(C)n2)cc1. The van der Waals surface area contributed by atoms with Crippen LogP contribution in [0, 0.1) is 6.92 Å². The zero-order chi connectivity index (χ0) is 15.2. The van der Waals surface area contributed by atoms with Gasteiger partial charge in [0.15, 0.2) is 0 Å². The summed E-state index contributed by atoms with van der Waals surface area (Å²) in [4.78, 5) is 6.77. The summed E-state index contributed by atoms with van der Waals surface area (Å²) in [6.45, 7) is 4.07. The molecule has 0 bridgehead atoms. The molecule has 2 aromatic rings. The molecule has 2 N–H and O–H groups in total. The van der Waals surface area contributed by atoms with Crippen LogP contribution in [0.25, 0.3) is 0 Å². The van der Waals surface area contributed by atoms with Crippen molar-refractivity contribution < 1.29 is 4.74 Å². The Morgan fingerprint density at radius 2 is 2.05 bits per heavy atom. The van der Waals surface area contributed by atoms with Crippen LogP contribution in [0.1, 0.15) is 27.9 Å². The van der Waals surface area contributed by atoms with E-state index in [1.165, 1.54) is 11.1 Å². The fraction of sp³-hybridized carbons (Fsp3) is 0.438. The van der Waals surface area contributed by atoms with Crippen LogP contribution < -0.4 is 5.73 Å². The highest BCUT2D eigenvalue weighted by molar-refractivity contribution is 7.09. The van der Waals surface area contributed by atoms with Gasteiger partial charge in [0, 0.05) is 31.6 Å². The number of rotatable bonds is 7. The molecule has 5 heteroatoms. The number of nitrogens with zero attached hydrogens (tertiary/aromatic N) is 2. The Kier molecular flexibility index (Phi) is 5.87. The van der Waals surface area contributed by atoms with E-state index >= 15 is 0 Å². The van der Waals surface area contributed by atoms with E-state index in [1.54, 1.807) is 18.4 Å². The van der Waals surface area contributed by atoms with E-state index in [1.807, 2.05) is 6.92 Å². The molecule has 0 radical (unpaired) electrons. The first kappa shape index (κ1) is 16.1. The van der Waals surface area contributed by atoms with Gasteiger partial charge in [0.25, 0.3) is 0 Å². The van der Waals surface area contributed by atoms with Crippen LogP contribution in [0.4, 0.5) is 0 Å². The van der Waals surface area contributed by atoms with Gasteiger partial charge in [-0.3, -0.25) is 4.90 Å². The van der Waals surface area contributed by atoms with Crippen LogP contribution in [0.5, 0.6) is 0 Å². The van der Waals surface area contributed by atoms with Gasteiger partial charge in [0.2, 0.25) is 0 Å². The van der Waals surface area contributed by atoms with Crippen molar-refractivity contribution in [1.82, 2.24) is 9.88 Å². The second kappa shape index (κ2) is 7.66. The highest BCUT2D eigenvalue weighted by atomic mass is 32.1. The van der Waals surface area contributed by atoms with Crippen molar-refractivity contribution in [3.8, 4) is 0 Å². The Morgan fingerprint density at radius 1 is 1.33 bits per heavy atom. The molecule has 0 fully saturated rings. The molecule has 0 saturated carbocycles. The minimum absolute atomic E-state index is 0.198. The van der Waals surface area contributed by atoms with Crippen molar-refractivity contribution in [2.24, 2.45) is 5.73 Å². The smallest absolute Gasteiger partial charge is 0.0897 e. The van der Waals surface area contributed by atoms with Crippen molar-refractivity contribution in [3.63, 3.8) is 0 Å². The minimum atomic E-state index is 0.198. The van der Waals surface area contributed by atoms with Crippen LogP contribution in [-0.2, 0) is 17.9 Å². The van der Waals surface area contributed by atoms with Gasteiger partial charge in [0.1, 0.15) is 0 Å². The first-order chi connectivity index (χ1) is 10.1. The molecule has 21 heavy (non-hydrogen) atoms. The quantitative estimate of drug-likeness (QED) is 0.854. The van der Waals surface area contributed by atoms with Crippen LogP contribution in [0.3, 0.4) is 0 Å². The highest BCUT2D eigenvalue weighted by Gasteiger charge is 2.16. The summed E-state index contributed by atoms with van der Waals surface area (Å²) in [7, 11) is 3.80. The second-order valence-electron chi connectivity index (χ2n) is 5.20. The number of ether oxygens (including phenoxy) is 1. The van der Waals surface area contributed by atoms with Gasteiger partial charge >= 0.3 is 0 Å². The average Bonchev–Trinajstić information content (AvgIpc) is 2.87. The normalized spacial score (nSPS) is 12.8. The molecule has 114 valence electrons. The maximum atomic E-state index is 5.98. The number of benzene rings is 1. The van der Waals surface area contributed by atoms with Crippen LogP contribution in [0.2, 0.25) is 0 Å². The Bertz CT molecular complexity index is 553. The van der Waals surface area contributed by atoms with Crippen molar-refractivity contribution in [2.45, 2.75) is 26.1 Å². The molecule has 0 spiro atoms. The summed E-state index contributed by atoms with van der Waals surface area (Å²) in [5.41, 5.74) is 9.49. The van der Waals surface area contributed by atoms with Gasteiger partial charge in [-0.15, -0.1) is 11.3 Å². The Labute approximate surface area is 130 Å². The summed E-state index contributed by atoms with van der Waals surface area (Å²) >= 11 is 1.69. The van der Waals surface area contributed by atoms with E-state index in [9.17, 15) is 0 Å². The lowest BCUT2D eigenvalue weighted by molar-refractivity contribution is 0.185. The van der Waals surface area contributed by atoms with Gasteiger partial charge in [-0.25, -0.2) is 4.98 Å². The Hall–Kier alpha value is -1.27. The molecule has 1 atom stereocenters. The largest absolute Gasteiger partial charge is 0.380 e. The first-order valence-corrected chi connectivity index (χ1v) is 7.91. The summed E-state index contributed by atoms with van der Waals surface area (Å²) in [6.07, 6.45) is 0. The summed E-state index contributed by atoms with van der Waals surface area (Å²) in [5.74, 6) is 0. The molecular weight excluding hydrogens is 282 g/mol. The standard InChI is InChI=1S/C16H23N3OS/c1-12-18-15(11-21-12)9-19(2)16(8-17)14-6-4-13(5-7-14)10-20-3/h4-7,11,16H,8-10,17H2,1-3H3. The van der Waals surface area contributed by atoms with E-state index in [0.717, 1.165) is 17.2 Å². The molecule has 1 aromatic carbocycles. The van der Waals surface area contributed by atoms with Gasteiger partial charge in [-0.1, -0.05) is 24.3 Å². The molecule has 0 aliphatic rings. The number of aromatic nitrogens is 1. The number of aryl methyl sites for hydroxylation is 1. The van der Waals surface area contributed by atoms with Crippen LogP contribution in [0.15, 0.2) is 29.6 Å². The molecule has 4 nitrogen and oxygen atoms in total. The zero-order valence-electron chi connectivity index (χ0n) is 12.9. The third-order valence-corrected chi connectivity index (χ3v) is 4.33. The summed E-state index contributed by atoms with van der Waals surface area (Å²) in [5, 5.41) is 3.22. The molecule has 1 heterocycles. The fourth-order valence-electron chi connectivity index (χ4n) is 2.42.